The minimum atomic E-state index is -0.258. The van der Waals surface area contributed by atoms with Crippen LogP contribution < -0.4 is 9.62 Å². The lowest BCUT2D eigenvalue weighted by molar-refractivity contribution is -0.118. The molecule has 4 rings (SSSR count). The number of aryl methyl sites for hydroxylation is 1. The second kappa shape index (κ2) is 13.1. The fourth-order valence-electron chi connectivity index (χ4n) is 5.46. The van der Waals surface area contributed by atoms with Gasteiger partial charge in [0.05, 0.1) is 6.54 Å². The Balaban J connectivity index is 1.66. The number of anilines is 2. The molecular formula is C34H43FN4OS. The molecule has 3 aromatic carbocycles. The van der Waals surface area contributed by atoms with Crippen LogP contribution >= 0.6 is 11.9 Å². The number of hydrogen-bond donors (Lipinski definition) is 1. The SMILES string of the molecule is CN=C(CN(C(=O)CC(C)c1ccc(C)cc1)c1ccc2c(c1)C(SNc1cccc(F)c1)CCC2(C)C)N(C)C. The first kappa shape index (κ1) is 30.6. The van der Waals surface area contributed by atoms with Gasteiger partial charge in [0.2, 0.25) is 5.91 Å². The Morgan fingerprint density at radius 2 is 1.85 bits per heavy atom. The van der Waals surface area contributed by atoms with Crippen LogP contribution in [0.25, 0.3) is 0 Å². The number of hydrogen-bond acceptors (Lipinski definition) is 4. The Labute approximate surface area is 249 Å². The summed E-state index contributed by atoms with van der Waals surface area (Å²) in [6, 6.07) is 21.5. The number of halogens is 1. The normalized spacial score (nSPS) is 17.0. The average molecular weight is 575 g/mol. The van der Waals surface area contributed by atoms with Crippen LogP contribution in [0.15, 0.2) is 71.7 Å². The molecule has 1 amide bonds. The molecule has 0 radical (unpaired) electrons. The third kappa shape index (κ3) is 7.50. The molecule has 0 fully saturated rings. The van der Waals surface area contributed by atoms with E-state index >= 15 is 0 Å². The van der Waals surface area contributed by atoms with Gasteiger partial charge in [0.1, 0.15) is 11.7 Å². The Morgan fingerprint density at radius 1 is 1.12 bits per heavy atom. The number of aliphatic imine (C=N–C) groups is 1. The molecule has 41 heavy (non-hydrogen) atoms. The van der Waals surface area contributed by atoms with E-state index in [1.54, 1.807) is 25.1 Å². The van der Waals surface area contributed by atoms with Gasteiger partial charge in [0.25, 0.3) is 0 Å². The molecule has 2 unspecified atom stereocenters. The van der Waals surface area contributed by atoms with E-state index in [0.29, 0.717) is 13.0 Å². The van der Waals surface area contributed by atoms with Crippen LogP contribution in [0.3, 0.4) is 0 Å². The number of carbonyl (C=O) groups is 1. The highest BCUT2D eigenvalue weighted by Gasteiger charge is 2.34. The van der Waals surface area contributed by atoms with Crippen LogP contribution in [-0.2, 0) is 10.2 Å². The van der Waals surface area contributed by atoms with Crippen molar-refractivity contribution in [2.45, 2.75) is 63.5 Å². The fraction of sp³-hybridized carbons (Fsp3) is 0.412. The van der Waals surface area contributed by atoms with Crippen LogP contribution in [0, 0.1) is 12.7 Å². The second-order valence-electron chi connectivity index (χ2n) is 11.9. The number of carbonyl (C=O) groups excluding carboxylic acids is 1. The van der Waals surface area contributed by atoms with Crippen molar-refractivity contribution in [1.82, 2.24) is 4.90 Å². The summed E-state index contributed by atoms with van der Waals surface area (Å²) in [5, 5.41) is 0.165. The summed E-state index contributed by atoms with van der Waals surface area (Å²) in [6.45, 7) is 9.15. The largest absolute Gasteiger partial charge is 0.365 e. The maximum absolute atomic E-state index is 14.0. The molecule has 0 heterocycles. The van der Waals surface area contributed by atoms with Crippen molar-refractivity contribution in [3.05, 3.63) is 94.8 Å². The smallest absolute Gasteiger partial charge is 0.228 e. The molecule has 0 aromatic heterocycles. The molecule has 0 bridgehead atoms. The number of fused-ring (bicyclic) bond motifs is 1. The van der Waals surface area contributed by atoms with Gasteiger partial charge in [-0.25, -0.2) is 4.39 Å². The Kier molecular flexibility index (Phi) is 9.80. The minimum absolute atomic E-state index is 0.0260. The van der Waals surface area contributed by atoms with E-state index < -0.39 is 0 Å². The topological polar surface area (TPSA) is 47.9 Å². The lowest BCUT2D eigenvalue weighted by Gasteiger charge is -2.38. The molecule has 0 aliphatic heterocycles. The van der Waals surface area contributed by atoms with Crippen molar-refractivity contribution >= 4 is 35.1 Å². The van der Waals surface area contributed by atoms with Crippen LogP contribution in [0.4, 0.5) is 15.8 Å². The molecule has 1 aliphatic carbocycles. The van der Waals surface area contributed by atoms with Gasteiger partial charge in [-0.05, 0) is 90.1 Å². The summed E-state index contributed by atoms with van der Waals surface area (Å²) in [4.78, 5) is 22.3. The van der Waals surface area contributed by atoms with E-state index in [2.05, 4.69) is 79.9 Å². The van der Waals surface area contributed by atoms with E-state index in [1.807, 2.05) is 30.0 Å². The lowest BCUT2D eigenvalue weighted by Crippen LogP contribution is -2.41. The zero-order valence-corrected chi connectivity index (χ0v) is 26.2. The Morgan fingerprint density at radius 3 is 2.51 bits per heavy atom. The second-order valence-corrected chi connectivity index (χ2v) is 13.0. The van der Waals surface area contributed by atoms with Gasteiger partial charge in [0, 0.05) is 44.2 Å². The average Bonchev–Trinajstić information content (AvgIpc) is 2.93. The predicted molar refractivity (Wildman–Crippen MR) is 173 cm³/mol. The molecular weight excluding hydrogens is 531 g/mol. The summed E-state index contributed by atoms with van der Waals surface area (Å²) in [5.74, 6) is 0.727. The highest BCUT2D eigenvalue weighted by Crippen LogP contribution is 2.48. The third-order valence-corrected chi connectivity index (χ3v) is 9.23. The van der Waals surface area contributed by atoms with Crippen molar-refractivity contribution in [1.29, 1.82) is 0 Å². The number of nitrogens with zero attached hydrogens (tertiary/aromatic N) is 3. The molecule has 7 heteroatoms. The van der Waals surface area contributed by atoms with Gasteiger partial charge in [0.15, 0.2) is 0 Å². The van der Waals surface area contributed by atoms with Crippen molar-refractivity contribution < 1.29 is 9.18 Å². The van der Waals surface area contributed by atoms with E-state index in [4.69, 9.17) is 0 Å². The van der Waals surface area contributed by atoms with Crippen LogP contribution in [0.1, 0.15) is 73.5 Å². The lowest BCUT2D eigenvalue weighted by atomic mass is 9.72. The van der Waals surface area contributed by atoms with Gasteiger partial charge in [-0.15, -0.1) is 0 Å². The zero-order valence-electron chi connectivity index (χ0n) is 25.4. The van der Waals surface area contributed by atoms with Crippen LogP contribution in [0.5, 0.6) is 0 Å². The summed E-state index contributed by atoms with van der Waals surface area (Å²) in [7, 11) is 5.69. The van der Waals surface area contributed by atoms with Crippen LogP contribution in [0.2, 0.25) is 0 Å². The van der Waals surface area contributed by atoms with Gasteiger partial charge in [-0.1, -0.05) is 62.7 Å². The summed E-state index contributed by atoms with van der Waals surface area (Å²) >= 11 is 1.61. The maximum Gasteiger partial charge on any atom is 0.228 e. The molecule has 0 spiro atoms. The summed E-state index contributed by atoms with van der Waals surface area (Å²) in [5.41, 5.74) is 6.53. The Bertz CT molecular complexity index is 1390. The first-order chi connectivity index (χ1) is 19.5. The van der Waals surface area contributed by atoms with Gasteiger partial charge >= 0.3 is 0 Å². The maximum atomic E-state index is 14.0. The van der Waals surface area contributed by atoms with E-state index in [9.17, 15) is 9.18 Å². The van der Waals surface area contributed by atoms with Crippen molar-refractivity contribution in [3.63, 3.8) is 0 Å². The van der Waals surface area contributed by atoms with E-state index in [0.717, 1.165) is 35.6 Å². The van der Waals surface area contributed by atoms with E-state index in [1.165, 1.54) is 28.8 Å². The number of amidine groups is 1. The number of rotatable bonds is 9. The van der Waals surface area contributed by atoms with E-state index in [-0.39, 0.29) is 28.3 Å². The zero-order chi connectivity index (χ0) is 29.7. The number of nitrogens with one attached hydrogen (secondary N) is 1. The quantitative estimate of drug-likeness (QED) is 0.159. The molecule has 3 aromatic rings. The van der Waals surface area contributed by atoms with Crippen molar-refractivity contribution in [3.8, 4) is 0 Å². The molecule has 2 atom stereocenters. The molecule has 5 nitrogen and oxygen atoms in total. The minimum Gasteiger partial charge on any atom is -0.365 e. The highest BCUT2D eigenvalue weighted by molar-refractivity contribution is 8.00. The van der Waals surface area contributed by atoms with Crippen LogP contribution in [-0.4, -0.2) is 44.3 Å². The number of likely N-dealkylation sites (N-methyl/N-ethyl adjacent to an activating group) is 1. The van der Waals surface area contributed by atoms with Crippen molar-refractivity contribution in [2.75, 3.05) is 37.3 Å². The van der Waals surface area contributed by atoms with Gasteiger partial charge < -0.3 is 14.5 Å². The molecule has 1 aliphatic rings. The Hall–Kier alpha value is -3.32. The third-order valence-electron chi connectivity index (χ3n) is 8.10. The molecule has 0 saturated heterocycles. The summed E-state index contributed by atoms with van der Waals surface area (Å²) < 4.78 is 17.2. The molecule has 1 N–H and O–H groups in total. The predicted octanol–water partition coefficient (Wildman–Crippen LogP) is 8.12. The number of benzene rings is 3. The van der Waals surface area contributed by atoms with Gasteiger partial charge in [-0.2, -0.15) is 0 Å². The monoisotopic (exact) mass is 574 g/mol. The number of amides is 1. The van der Waals surface area contributed by atoms with Crippen molar-refractivity contribution in [2.24, 2.45) is 4.99 Å². The summed E-state index contributed by atoms with van der Waals surface area (Å²) in [6.07, 6.45) is 2.43. The first-order valence-corrected chi connectivity index (χ1v) is 15.2. The first-order valence-electron chi connectivity index (χ1n) is 14.3. The molecule has 0 saturated carbocycles. The standard InChI is InChI=1S/C34H43FN4OS/c1-23-11-13-25(14-12-23)24(2)19-33(40)39(22-32(36-5)38(6)7)28-15-16-30-29(21-28)31(17-18-34(30,3)4)41-37-27-10-8-9-26(35)20-27/h8-16,20-21,24,31,37H,17-19,22H2,1-7H3. The molecule has 218 valence electrons. The highest BCUT2D eigenvalue weighted by atomic mass is 32.2. The van der Waals surface area contributed by atoms with Gasteiger partial charge in [-0.3, -0.25) is 9.79 Å². The fourth-order valence-corrected chi connectivity index (χ4v) is 6.42.